The van der Waals surface area contributed by atoms with Crippen LogP contribution >= 0.6 is 24.0 Å². The van der Waals surface area contributed by atoms with Gasteiger partial charge in [-0.1, -0.05) is 37.3 Å². The Morgan fingerprint density at radius 1 is 1.36 bits per heavy atom. The van der Waals surface area contributed by atoms with Crippen LogP contribution in [0.4, 0.5) is 0 Å². The molecule has 1 unspecified atom stereocenters. The first-order chi connectivity index (χ1) is 10.3. The summed E-state index contributed by atoms with van der Waals surface area (Å²) in [5, 5.41) is 3.22. The predicted octanol–water partition coefficient (Wildman–Crippen LogP) is 2.63. The topological polar surface area (TPSA) is 53.6 Å². The van der Waals surface area contributed by atoms with E-state index in [2.05, 4.69) is 52.5 Å². The van der Waals surface area contributed by atoms with Gasteiger partial charge < -0.3 is 11.1 Å². The molecule has 0 radical (unpaired) electrons. The number of hydrogen-bond acceptors (Lipinski definition) is 2. The maximum absolute atomic E-state index is 5.94. The van der Waals surface area contributed by atoms with Gasteiger partial charge in [0, 0.05) is 12.6 Å². The molecule has 0 aromatic heterocycles. The lowest BCUT2D eigenvalue weighted by Crippen LogP contribution is -2.36. The summed E-state index contributed by atoms with van der Waals surface area (Å²) in [7, 11) is 0. The maximum atomic E-state index is 5.94. The molecule has 3 N–H and O–H groups in total. The van der Waals surface area contributed by atoms with Gasteiger partial charge >= 0.3 is 0 Å². The van der Waals surface area contributed by atoms with E-state index in [1.54, 1.807) is 0 Å². The SMILES string of the molecule is CCN1CCCC1CN=C(N)NCCCc1ccccc1.I. The van der Waals surface area contributed by atoms with Gasteiger partial charge in [0.1, 0.15) is 0 Å². The number of guanidine groups is 1. The molecule has 0 bridgehead atoms. The van der Waals surface area contributed by atoms with E-state index in [1.807, 2.05) is 0 Å². The van der Waals surface area contributed by atoms with Crippen LogP contribution in [0.25, 0.3) is 0 Å². The van der Waals surface area contributed by atoms with Gasteiger partial charge in [-0.2, -0.15) is 0 Å². The molecule has 0 aliphatic carbocycles. The number of halogens is 1. The standard InChI is InChI=1S/C17H28N4.HI/c1-2-21-13-7-11-16(21)14-20-17(18)19-12-6-10-15-8-4-3-5-9-15;/h3-5,8-9,16H,2,6-7,10-14H2,1H3,(H3,18,19,20);1H. The molecule has 1 aliphatic rings. The molecule has 1 aromatic carbocycles. The minimum atomic E-state index is 0. The second-order valence-corrected chi connectivity index (χ2v) is 5.67. The number of benzene rings is 1. The van der Waals surface area contributed by atoms with E-state index >= 15 is 0 Å². The molecule has 0 amide bonds. The highest BCUT2D eigenvalue weighted by Crippen LogP contribution is 2.16. The number of nitrogens with two attached hydrogens (primary N) is 1. The summed E-state index contributed by atoms with van der Waals surface area (Å²) in [5.74, 6) is 0.589. The van der Waals surface area contributed by atoms with E-state index in [4.69, 9.17) is 5.73 Å². The number of likely N-dealkylation sites (tertiary alicyclic amines) is 1. The zero-order chi connectivity index (χ0) is 14.9. The van der Waals surface area contributed by atoms with Crippen molar-refractivity contribution in [1.82, 2.24) is 10.2 Å². The highest BCUT2D eigenvalue weighted by molar-refractivity contribution is 14.0. The number of rotatable bonds is 7. The van der Waals surface area contributed by atoms with Gasteiger partial charge in [0.2, 0.25) is 0 Å². The van der Waals surface area contributed by atoms with Crippen LogP contribution in [-0.2, 0) is 6.42 Å². The molecule has 124 valence electrons. The third kappa shape index (κ3) is 6.52. The summed E-state index contributed by atoms with van der Waals surface area (Å²) < 4.78 is 0. The molecule has 1 saturated heterocycles. The van der Waals surface area contributed by atoms with E-state index in [9.17, 15) is 0 Å². The van der Waals surface area contributed by atoms with Crippen molar-refractivity contribution in [1.29, 1.82) is 0 Å². The lowest BCUT2D eigenvalue weighted by Gasteiger charge is -2.20. The smallest absolute Gasteiger partial charge is 0.188 e. The Labute approximate surface area is 151 Å². The van der Waals surface area contributed by atoms with Gasteiger partial charge in [0.15, 0.2) is 5.96 Å². The highest BCUT2D eigenvalue weighted by Gasteiger charge is 2.22. The van der Waals surface area contributed by atoms with Crippen LogP contribution in [0.5, 0.6) is 0 Å². The second kappa shape index (κ2) is 10.8. The summed E-state index contributed by atoms with van der Waals surface area (Å²) in [6.07, 6.45) is 4.69. The largest absolute Gasteiger partial charge is 0.370 e. The fourth-order valence-corrected chi connectivity index (χ4v) is 2.93. The molecule has 2 rings (SSSR count). The Morgan fingerprint density at radius 2 is 2.14 bits per heavy atom. The molecule has 0 spiro atoms. The summed E-state index contributed by atoms with van der Waals surface area (Å²) >= 11 is 0. The zero-order valence-corrected chi connectivity index (χ0v) is 15.8. The van der Waals surface area contributed by atoms with Crippen LogP contribution in [0.3, 0.4) is 0 Å². The molecule has 1 fully saturated rings. The second-order valence-electron chi connectivity index (χ2n) is 5.67. The maximum Gasteiger partial charge on any atom is 0.188 e. The number of aryl methyl sites for hydroxylation is 1. The number of hydrogen-bond donors (Lipinski definition) is 2. The van der Waals surface area contributed by atoms with Crippen molar-refractivity contribution >= 4 is 29.9 Å². The van der Waals surface area contributed by atoms with Crippen LogP contribution in [0.2, 0.25) is 0 Å². The van der Waals surface area contributed by atoms with Crippen molar-refractivity contribution in [3.63, 3.8) is 0 Å². The third-order valence-electron chi connectivity index (χ3n) is 4.17. The first kappa shape index (κ1) is 19.2. The van der Waals surface area contributed by atoms with Crippen molar-refractivity contribution in [2.45, 2.75) is 38.6 Å². The molecular formula is C17H29IN4. The number of aliphatic imine (C=N–C) groups is 1. The van der Waals surface area contributed by atoms with Crippen LogP contribution in [0.15, 0.2) is 35.3 Å². The number of nitrogens with one attached hydrogen (secondary N) is 1. The van der Waals surface area contributed by atoms with Gasteiger partial charge in [0.25, 0.3) is 0 Å². The van der Waals surface area contributed by atoms with Crippen molar-refractivity contribution in [3.8, 4) is 0 Å². The van der Waals surface area contributed by atoms with Gasteiger partial charge in [-0.25, -0.2) is 0 Å². The molecule has 1 heterocycles. The quantitative estimate of drug-likeness (QED) is 0.311. The molecule has 0 saturated carbocycles. The molecule has 4 nitrogen and oxygen atoms in total. The third-order valence-corrected chi connectivity index (χ3v) is 4.17. The van der Waals surface area contributed by atoms with E-state index < -0.39 is 0 Å². The van der Waals surface area contributed by atoms with Crippen LogP contribution in [-0.4, -0.2) is 43.1 Å². The fourth-order valence-electron chi connectivity index (χ4n) is 2.93. The predicted molar refractivity (Wildman–Crippen MR) is 105 cm³/mol. The van der Waals surface area contributed by atoms with Crippen molar-refractivity contribution in [2.24, 2.45) is 10.7 Å². The van der Waals surface area contributed by atoms with E-state index in [-0.39, 0.29) is 24.0 Å². The number of likely N-dealkylation sites (N-methyl/N-ethyl adjacent to an activating group) is 1. The molecule has 1 aliphatic heterocycles. The van der Waals surface area contributed by atoms with Crippen molar-refractivity contribution in [2.75, 3.05) is 26.2 Å². The monoisotopic (exact) mass is 416 g/mol. The Bertz CT molecular complexity index is 436. The zero-order valence-electron chi connectivity index (χ0n) is 13.5. The lowest BCUT2D eigenvalue weighted by atomic mass is 10.1. The first-order valence-corrected chi connectivity index (χ1v) is 8.11. The minimum Gasteiger partial charge on any atom is -0.370 e. The van der Waals surface area contributed by atoms with E-state index in [0.29, 0.717) is 12.0 Å². The minimum absolute atomic E-state index is 0. The molecule has 22 heavy (non-hydrogen) atoms. The average Bonchev–Trinajstić information content (AvgIpc) is 2.98. The van der Waals surface area contributed by atoms with Crippen molar-refractivity contribution < 1.29 is 0 Å². The van der Waals surface area contributed by atoms with Gasteiger partial charge in [0.05, 0.1) is 6.54 Å². The summed E-state index contributed by atoms with van der Waals surface area (Å²) in [5.41, 5.74) is 7.31. The normalized spacial score (nSPS) is 19.0. The Morgan fingerprint density at radius 3 is 2.86 bits per heavy atom. The van der Waals surface area contributed by atoms with Gasteiger partial charge in [-0.15, -0.1) is 24.0 Å². The van der Waals surface area contributed by atoms with Crippen molar-refractivity contribution in [3.05, 3.63) is 35.9 Å². The van der Waals surface area contributed by atoms with Crippen LogP contribution in [0.1, 0.15) is 31.7 Å². The highest BCUT2D eigenvalue weighted by atomic mass is 127. The molecule has 1 atom stereocenters. The van der Waals surface area contributed by atoms with Gasteiger partial charge in [-0.05, 0) is 44.3 Å². The molecule has 5 heteroatoms. The Balaban J connectivity index is 0.00000242. The lowest BCUT2D eigenvalue weighted by molar-refractivity contribution is 0.273. The molecule has 1 aromatic rings. The average molecular weight is 416 g/mol. The van der Waals surface area contributed by atoms with Crippen LogP contribution in [0, 0.1) is 0 Å². The Hall–Kier alpha value is -0.820. The van der Waals surface area contributed by atoms with Crippen LogP contribution < -0.4 is 11.1 Å². The fraction of sp³-hybridized carbons (Fsp3) is 0.588. The van der Waals surface area contributed by atoms with Gasteiger partial charge in [-0.3, -0.25) is 9.89 Å². The molecular weight excluding hydrogens is 387 g/mol. The summed E-state index contributed by atoms with van der Waals surface area (Å²) in [4.78, 5) is 6.98. The summed E-state index contributed by atoms with van der Waals surface area (Å²) in [6.45, 7) is 6.25. The van der Waals surface area contributed by atoms with E-state index in [0.717, 1.165) is 32.5 Å². The first-order valence-electron chi connectivity index (χ1n) is 8.11. The Kier molecular flexibility index (Phi) is 9.47. The van der Waals surface area contributed by atoms with E-state index in [1.165, 1.54) is 24.9 Å². The number of nitrogens with zero attached hydrogens (tertiary/aromatic N) is 2. The summed E-state index contributed by atoms with van der Waals surface area (Å²) in [6, 6.07) is 11.1.